The summed E-state index contributed by atoms with van der Waals surface area (Å²) in [6, 6.07) is 13.1. The fourth-order valence-electron chi connectivity index (χ4n) is 1.76. The van der Waals surface area contributed by atoms with Crippen molar-refractivity contribution >= 4 is 33.2 Å². The number of carbonyl (C=O) groups excluding carboxylic acids is 1. The van der Waals surface area contributed by atoms with Crippen LogP contribution in [0.15, 0.2) is 48.5 Å². The molecule has 1 amide bonds. The second-order valence-electron chi connectivity index (χ2n) is 4.44. The van der Waals surface area contributed by atoms with Gasteiger partial charge in [-0.15, -0.1) is 0 Å². The third-order valence-electron chi connectivity index (χ3n) is 2.70. The summed E-state index contributed by atoms with van der Waals surface area (Å²) in [5, 5.41) is 8.01. The monoisotopic (exact) mass is 324 g/mol. The van der Waals surface area contributed by atoms with E-state index in [1.807, 2.05) is 0 Å². The standard InChI is InChI=1S/C14H13ClN2O3S/c15-13-4-2-1-3-12(13)14(18)17-11-7-5-10(6-8-11)9-21(16,19)20/h1-8H,9H2,(H,17,18)(H2,16,19,20). The van der Waals surface area contributed by atoms with Crippen molar-refractivity contribution in [1.82, 2.24) is 0 Å². The van der Waals surface area contributed by atoms with Gasteiger partial charge in [0.05, 0.1) is 16.3 Å². The highest BCUT2D eigenvalue weighted by Gasteiger charge is 2.10. The third kappa shape index (κ3) is 4.56. The van der Waals surface area contributed by atoms with E-state index in [2.05, 4.69) is 5.32 Å². The summed E-state index contributed by atoms with van der Waals surface area (Å²) in [6.45, 7) is 0. The van der Waals surface area contributed by atoms with Crippen molar-refractivity contribution in [1.29, 1.82) is 0 Å². The summed E-state index contributed by atoms with van der Waals surface area (Å²) in [6.07, 6.45) is 0. The highest BCUT2D eigenvalue weighted by molar-refractivity contribution is 7.88. The molecular weight excluding hydrogens is 312 g/mol. The lowest BCUT2D eigenvalue weighted by Crippen LogP contribution is -2.15. The van der Waals surface area contributed by atoms with E-state index in [9.17, 15) is 13.2 Å². The fraction of sp³-hybridized carbons (Fsp3) is 0.0714. The maximum Gasteiger partial charge on any atom is 0.257 e. The molecule has 0 aromatic heterocycles. The van der Waals surface area contributed by atoms with E-state index in [0.29, 0.717) is 21.8 Å². The lowest BCUT2D eigenvalue weighted by molar-refractivity contribution is 0.102. The van der Waals surface area contributed by atoms with E-state index < -0.39 is 10.0 Å². The summed E-state index contributed by atoms with van der Waals surface area (Å²) < 4.78 is 22.0. The van der Waals surface area contributed by atoms with Crippen molar-refractivity contribution in [3.05, 3.63) is 64.7 Å². The van der Waals surface area contributed by atoms with Gasteiger partial charge in [-0.1, -0.05) is 35.9 Å². The van der Waals surface area contributed by atoms with Crippen LogP contribution in [0.4, 0.5) is 5.69 Å². The summed E-state index contributed by atoms with van der Waals surface area (Å²) in [7, 11) is -3.57. The minimum absolute atomic E-state index is 0.244. The third-order valence-corrected chi connectivity index (χ3v) is 3.76. The topological polar surface area (TPSA) is 89.3 Å². The SMILES string of the molecule is NS(=O)(=O)Cc1ccc(NC(=O)c2ccccc2Cl)cc1. The first-order chi connectivity index (χ1) is 9.85. The number of hydrogen-bond acceptors (Lipinski definition) is 3. The van der Waals surface area contributed by atoms with Crippen LogP contribution in [-0.4, -0.2) is 14.3 Å². The van der Waals surface area contributed by atoms with Gasteiger partial charge in [0.15, 0.2) is 0 Å². The van der Waals surface area contributed by atoms with Gasteiger partial charge >= 0.3 is 0 Å². The molecule has 0 aliphatic heterocycles. The summed E-state index contributed by atoms with van der Waals surface area (Å²) in [5.74, 6) is -0.578. The van der Waals surface area contributed by atoms with Crippen molar-refractivity contribution in [3.8, 4) is 0 Å². The molecular formula is C14H13ClN2O3S. The van der Waals surface area contributed by atoms with Gasteiger partial charge in [0.2, 0.25) is 10.0 Å². The first-order valence-electron chi connectivity index (χ1n) is 6.00. The van der Waals surface area contributed by atoms with Gasteiger partial charge in [-0.05, 0) is 29.8 Å². The van der Waals surface area contributed by atoms with Gasteiger partial charge in [-0.3, -0.25) is 4.79 Å². The molecule has 2 aromatic rings. The van der Waals surface area contributed by atoms with E-state index in [-0.39, 0.29) is 11.7 Å². The van der Waals surface area contributed by atoms with Crippen LogP contribution in [0.1, 0.15) is 15.9 Å². The second kappa shape index (κ2) is 6.26. The maximum atomic E-state index is 12.0. The zero-order chi connectivity index (χ0) is 15.5. The summed E-state index contributed by atoms with van der Waals surface area (Å²) >= 11 is 5.94. The predicted molar refractivity (Wildman–Crippen MR) is 82.7 cm³/mol. The molecule has 0 radical (unpaired) electrons. The zero-order valence-corrected chi connectivity index (χ0v) is 12.5. The number of carbonyl (C=O) groups is 1. The van der Waals surface area contributed by atoms with E-state index in [1.165, 1.54) is 0 Å². The molecule has 0 aliphatic carbocycles. The van der Waals surface area contributed by atoms with Crippen LogP contribution in [0.3, 0.4) is 0 Å². The molecule has 5 nitrogen and oxygen atoms in total. The normalized spacial score (nSPS) is 11.1. The number of sulfonamides is 1. The average molecular weight is 325 g/mol. The molecule has 110 valence electrons. The molecule has 0 bridgehead atoms. The Hall–Kier alpha value is -1.89. The molecule has 2 aromatic carbocycles. The smallest absolute Gasteiger partial charge is 0.257 e. The number of hydrogen-bond donors (Lipinski definition) is 2. The Morgan fingerprint density at radius 1 is 1.10 bits per heavy atom. The van der Waals surface area contributed by atoms with Crippen molar-refractivity contribution in [2.45, 2.75) is 5.75 Å². The first-order valence-corrected chi connectivity index (χ1v) is 8.10. The largest absolute Gasteiger partial charge is 0.322 e. The Bertz CT molecular complexity index is 758. The second-order valence-corrected chi connectivity index (χ2v) is 6.46. The van der Waals surface area contributed by atoms with Gasteiger partial charge < -0.3 is 5.32 Å². The molecule has 0 unspecified atom stereocenters. The number of halogens is 1. The lowest BCUT2D eigenvalue weighted by Gasteiger charge is -2.07. The van der Waals surface area contributed by atoms with Gasteiger partial charge in [0.1, 0.15) is 0 Å². The molecule has 7 heteroatoms. The predicted octanol–water partition coefficient (Wildman–Crippen LogP) is 2.38. The molecule has 0 heterocycles. The minimum Gasteiger partial charge on any atom is -0.322 e. The van der Waals surface area contributed by atoms with Gasteiger partial charge in [0.25, 0.3) is 5.91 Å². The number of benzene rings is 2. The number of rotatable bonds is 4. The van der Waals surface area contributed by atoms with Crippen LogP contribution in [0.5, 0.6) is 0 Å². The number of nitrogens with two attached hydrogens (primary N) is 1. The number of primary sulfonamides is 1. The van der Waals surface area contributed by atoms with E-state index in [4.69, 9.17) is 16.7 Å². The van der Waals surface area contributed by atoms with Crippen LogP contribution in [0.2, 0.25) is 5.02 Å². The number of nitrogens with one attached hydrogen (secondary N) is 1. The van der Waals surface area contributed by atoms with Gasteiger partial charge in [-0.25, -0.2) is 13.6 Å². The molecule has 0 spiro atoms. The molecule has 0 saturated carbocycles. The molecule has 21 heavy (non-hydrogen) atoms. The van der Waals surface area contributed by atoms with Crippen LogP contribution in [0.25, 0.3) is 0 Å². The highest BCUT2D eigenvalue weighted by atomic mass is 35.5. The Morgan fingerprint density at radius 3 is 2.29 bits per heavy atom. The molecule has 0 aliphatic rings. The van der Waals surface area contributed by atoms with Crippen molar-refractivity contribution in [2.24, 2.45) is 5.14 Å². The zero-order valence-electron chi connectivity index (χ0n) is 10.9. The Balaban J connectivity index is 2.10. The Kier molecular flexibility index (Phi) is 4.62. The minimum atomic E-state index is -3.57. The quantitative estimate of drug-likeness (QED) is 0.904. The van der Waals surface area contributed by atoms with E-state index in [1.54, 1.807) is 48.5 Å². The number of amides is 1. The van der Waals surface area contributed by atoms with Gasteiger partial charge in [0, 0.05) is 5.69 Å². The summed E-state index contributed by atoms with van der Waals surface area (Å²) in [4.78, 5) is 12.0. The van der Waals surface area contributed by atoms with Crippen molar-refractivity contribution in [2.75, 3.05) is 5.32 Å². The molecule has 0 saturated heterocycles. The number of anilines is 1. The summed E-state index contributed by atoms with van der Waals surface area (Å²) in [5.41, 5.74) is 1.46. The Labute approximate surface area is 127 Å². The first kappa shape index (κ1) is 15.5. The van der Waals surface area contributed by atoms with Crippen molar-refractivity contribution < 1.29 is 13.2 Å². The molecule has 2 rings (SSSR count). The molecule has 0 atom stereocenters. The van der Waals surface area contributed by atoms with Crippen LogP contribution in [0, 0.1) is 0 Å². The fourth-order valence-corrected chi connectivity index (χ4v) is 2.64. The van der Waals surface area contributed by atoms with Crippen LogP contribution >= 0.6 is 11.6 Å². The average Bonchev–Trinajstić information content (AvgIpc) is 2.40. The van der Waals surface area contributed by atoms with Crippen molar-refractivity contribution in [3.63, 3.8) is 0 Å². The Morgan fingerprint density at radius 2 is 1.71 bits per heavy atom. The van der Waals surface area contributed by atoms with Gasteiger partial charge in [-0.2, -0.15) is 0 Å². The lowest BCUT2D eigenvalue weighted by atomic mass is 10.2. The van der Waals surface area contributed by atoms with Crippen LogP contribution < -0.4 is 10.5 Å². The maximum absolute atomic E-state index is 12.0. The van der Waals surface area contributed by atoms with Crippen LogP contribution in [-0.2, 0) is 15.8 Å². The van der Waals surface area contributed by atoms with E-state index >= 15 is 0 Å². The molecule has 0 fully saturated rings. The van der Waals surface area contributed by atoms with E-state index in [0.717, 1.165) is 0 Å². The molecule has 3 N–H and O–H groups in total. The highest BCUT2D eigenvalue weighted by Crippen LogP contribution is 2.17.